The average Bonchev–Trinajstić information content (AvgIpc) is 3.93. The van der Waals surface area contributed by atoms with Crippen LogP contribution in [-0.4, -0.2) is 9.13 Å². The zero-order valence-electron chi connectivity index (χ0n) is 37.2. The van der Waals surface area contributed by atoms with Crippen LogP contribution < -0.4 is 9.80 Å². The summed E-state index contributed by atoms with van der Waals surface area (Å²) in [4.78, 5) is 4.64. The Morgan fingerprint density at radius 3 is 0.824 bits per heavy atom. The quantitative estimate of drug-likeness (QED) is 0.151. The molecule has 2 aromatic heterocycles. The first-order valence-electron chi connectivity index (χ1n) is 23.3. The number of fused-ring (bicyclic) bond motifs is 12. The summed E-state index contributed by atoms with van der Waals surface area (Å²) in [6, 6.07) is 96.6. The minimum absolute atomic E-state index is 1.09. The molecule has 13 rings (SSSR count). The molecule has 0 amide bonds. The summed E-state index contributed by atoms with van der Waals surface area (Å²) in [7, 11) is 0. The molecule has 1 aliphatic rings. The van der Waals surface area contributed by atoms with E-state index in [1.807, 2.05) is 0 Å². The fourth-order valence-electron chi connectivity index (χ4n) is 10.6. The number of hydrogen-bond donors (Lipinski definition) is 0. The van der Waals surface area contributed by atoms with E-state index in [1.54, 1.807) is 0 Å². The first kappa shape index (κ1) is 39.3. The summed E-state index contributed by atoms with van der Waals surface area (Å²) in [6.45, 7) is 0. The standard InChI is InChI=1S/C64H44N4/c1-5-21-45(22-6-1)65(46-23-7-2-8-24-46)49-37-41-51(42-38-49)67-59-35-19-17-33-57(59)61-54-30-14-16-32-56(54)64-62(53-29-13-15-31-55(53)63(61)67)58-34-18-20-36-60(58)68(64)52-43-39-50(40-44-52)66(47-25-9-3-10-26-47)48-27-11-4-12-28-48/h1-44H. The molecule has 0 fully saturated rings. The second-order valence-electron chi connectivity index (χ2n) is 17.3. The predicted octanol–water partition coefficient (Wildman–Crippen LogP) is 17.5. The number of benzene rings is 10. The van der Waals surface area contributed by atoms with Crippen LogP contribution in [0.5, 0.6) is 0 Å². The van der Waals surface area contributed by atoms with Gasteiger partial charge in [-0.1, -0.05) is 158 Å². The van der Waals surface area contributed by atoms with Gasteiger partial charge in [0.2, 0.25) is 0 Å². The summed E-state index contributed by atoms with van der Waals surface area (Å²) < 4.78 is 4.99. The van der Waals surface area contributed by atoms with Gasteiger partial charge in [0, 0.05) is 78.5 Å². The zero-order chi connectivity index (χ0) is 45.0. The van der Waals surface area contributed by atoms with Gasteiger partial charge in [-0.25, -0.2) is 0 Å². The zero-order valence-corrected chi connectivity index (χ0v) is 37.2. The molecule has 12 aromatic rings. The van der Waals surface area contributed by atoms with Crippen molar-refractivity contribution in [3.63, 3.8) is 0 Å². The van der Waals surface area contributed by atoms with Gasteiger partial charge in [0.05, 0.1) is 22.4 Å². The van der Waals surface area contributed by atoms with Gasteiger partial charge in [-0.15, -0.1) is 0 Å². The maximum Gasteiger partial charge on any atom is 0.0625 e. The Labute approximate surface area is 396 Å². The van der Waals surface area contributed by atoms with E-state index in [-0.39, 0.29) is 0 Å². The van der Waals surface area contributed by atoms with E-state index in [0.29, 0.717) is 0 Å². The number of anilines is 6. The molecular weight excluding hydrogens is 825 g/mol. The third-order valence-corrected chi connectivity index (χ3v) is 13.4. The molecule has 0 atom stereocenters. The number of rotatable bonds is 8. The number of hydrogen-bond acceptors (Lipinski definition) is 2. The smallest absolute Gasteiger partial charge is 0.0625 e. The van der Waals surface area contributed by atoms with Crippen LogP contribution >= 0.6 is 0 Å². The summed E-state index contributed by atoms with van der Waals surface area (Å²) in [6.07, 6.45) is 0. The highest BCUT2D eigenvalue weighted by Crippen LogP contribution is 2.55. The van der Waals surface area contributed by atoms with Crippen LogP contribution in [0.3, 0.4) is 0 Å². The molecule has 2 heterocycles. The molecule has 0 saturated carbocycles. The first-order chi connectivity index (χ1) is 33.8. The van der Waals surface area contributed by atoms with Crippen LogP contribution in [0.25, 0.3) is 77.9 Å². The predicted molar refractivity (Wildman–Crippen MR) is 285 cm³/mol. The SMILES string of the molecule is c1ccc(N(c2ccccc2)c2ccc(-n3c4c(c5ccccc53)-c3ccccc3-c3c(c5ccccc5n3-c3ccc(N(c5ccccc5)c5ccccc5)cc3)-c3ccccc3-4)cc2)cc1. The van der Waals surface area contributed by atoms with Gasteiger partial charge >= 0.3 is 0 Å². The maximum atomic E-state index is 2.49. The Hall–Kier alpha value is -9.12. The lowest BCUT2D eigenvalue weighted by atomic mass is 9.84. The summed E-state index contributed by atoms with van der Waals surface area (Å²) in [5, 5.41) is 2.42. The molecule has 0 saturated heterocycles. The van der Waals surface area contributed by atoms with Crippen LogP contribution in [-0.2, 0) is 0 Å². The fourth-order valence-corrected chi connectivity index (χ4v) is 10.6. The van der Waals surface area contributed by atoms with Gasteiger partial charge in [0.15, 0.2) is 0 Å². The maximum absolute atomic E-state index is 2.49. The third-order valence-electron chi connectivity index (χ3n) is 13.4. The minimum atomic E-state index is 1.09. The second-order valence-corrected chi connectivity index (χ2v) is 17.3. The van der Waals surface area contributed by atoms with Crippen LogP contribution in [0, 0.1) is 0 Å². The summed E-state index contributed by atoms with van der Waals surface area (Å²) in [5.74, 6) is 0. The fraction of sp³-hybridized carbons (Fsp3) is 0. The van der Waals surface area contributed by atoms with Gasteiger partial charge in [-0.05, 0) is 120 Å². The van der Waals surface area contributed by atoms with Crippen molar-refractivity contribution in [3.05, 3.63) is 267 Å². The molecule has 0 spiro atoms. The third kappa shape index (κ3) is 6.38. The lowest BCUT2D eigenvalue weighted by molar-refractivity contribution is 1.12. The minimum Gasteiger partial charge on any atom is -0.311 e. The molecule has 68 heavy (non-hydrogen) atoms. The van der Waals surface area contributed by atoms with Gasteiger partial charge in [0.25, 0.3) is 0 Å². The summed E-state index contributed by atoms with van der Waals surface area (Å²) in [5.41, 5.74) is 20.7. The highest BCUT2D eigenvalue weighted by atomic mass is 15.1. The van der Waals surface area contributed by atoms with Crippen molar-refractivity contribution in [2.45, 2.75) is 0 Å². The van der Waals surface area contributed by atoms with Gasteiger partial charge < -0.3 is 18.9 Å². The van der Waals surface area contributed by atoms with Crippen molar-refractivity contribution in [1.82, 2.24) is 9.13 Å². The lowest BCUT2D eigenvalue weighted by Crippen LogP contribution is -2.10. The second kappa shape index (κ2) is 16.4. The van der Waals surface area contributed by atoms with Gasteiger partial charge in [-0.3, -0.25) is 0 Å². The summed E-state index contributed by atoms with van der Waals surface area (Å²) >= 11 is 0. The van der Waals surface area contributed by atoms with Crippen LogP contribution in [0.15, 0.2) is 267 Å². The highest BCUT2D eigenvalue weighted by molar-refractivity contribution is 6.17. The lowest BCUT2D eigenvalue weighted by Gasteiger charge is -2.26. The van der Waals surface area contributed by atoms with E-state index < -0.39 is 0 Å². The Kier molecular flexibility index (Phi) is 9.47. The van der Waals surface area contributed by atoms with E-state index in [2.05, 4.69) is 286 Å². The normalized spacial score (nSPS) is 11.5. The van der Waals surface area contributed by atoms with Crippen molar-refractivity contribution in [2.75, 3.05) is 9.80 Å². The monoisotopic (exact) mass is 868 g/mol. The molecule has 4 heteroatoms. The van der Waals surface area contributed by atoms with E-state index in [0.717, 1.165) is 56.5 Å². The van der Waals surface area contributed by atoms with Crippen molar-refractivity contribution in [2.24, 2.45) is 0 Å². The Morgan fingerprint density at radius 1 is 0.221 bits per heavy atom. The Balaban J connectivity index is 1.03. The van der Waals surface area contributed by atoms with Crippen LogP contribution in [0.1, 0.15) is 0 Å². The number of nitrogens with zero attached hydrogens (tertiary/aromatic N) is 4. The highest BCUT2D eigenvalue weighted by Gasteiger charge is 2.32. The molecule has 0 radical (unpaired) electrons. The molecule has 0 aliphatic heterocycles. The number of para-hydroxylation sites is 6. The topological polar surface area (TPSA) is 16.3 Å². The van der Waals surface area contributed by atoms with E-state index >= 15 is 0 Å². The Bertz CT molecular complexity index is 3430. The van der Waals surface area contributed by atoms with Crippen molar-refractivity contribution in [3.8, 4) is 56.1 Å². The Morgan fingerprint density at radius 2 is 0.485 bits per heavy atom. The molecule has 320 valence electrons. The van der Waals surface area contributed by atoms with E-state index in [4.69, 9.17) is 0 Å². The van der Waals surface area contributed by atoms with E-state index in [9.17, 15) is 0 Å². The van der Waals surface area contributed by atoms with Crippen molar-refractivity contribution in [1.29, 1.82) is 0 Å². The molecular formula is C64H44N4. The molecule has 10 aromatic carbocycles. The van der Waals surface area contributed by atoms with Crippen LogP contribution in [0.2, 0.25) is 0 Å². The molecule has 0 unspecified atom stereocenters. The first-order valence-corrected chi connectivity index (χ1v) is 23.3. The van der Waals surface area contributed by atoms with Crippen LogP contribution in [0.4, 0.5) is 34.1 Å². The molecule has 4 nitrogen and oxygen atoms in total. The molecule has 0 N–H and O–H groups in total. The molecule has 1 aliphatic carbocycles. The van der Waals surface area contributed by atoms with Gasteiger partial charge in [-0.2, -0.15) is 0 Å². The van der Waals surface area contributed by atoms with Crippen molar-refractivity contribution < 1.29 is 0 Å². The van der Waals surface area contributed by atoms with Crippen molar-refractivity contribution >= 4 is 55.9 Å². The number of aromatic nitrogens is 2. The largest absolute Gasteiger partial charge is 0.311 e. The van der Waals surface area contributed by atoms with E-state index in [1.165, 1.54) is 55.5 Å². The van der Waals surface area contributed by atoms with Gasteiger partial charge in [0.1, 0.15) is 0 Å². The molecule has 0 bridgehead atoms. The average molecular weight is 869 g/mol.